The predicted molar refractivity (Wildman–Crippen MR) is 82.1 cm³/mol. The van der Waals surface area contributed by atoms with E-state index < -0.39 is 18.4 Å². The second-order valence-corrected chi connectivity index (χ2v) is 5.90. The molecule has 1 aromatic rings. The van der Waals surface area contributed by atoms with Gasteiger partial charge in [0.25, 0.3) is 0 Å². The first-order chi connectivity index (χ1) is 10.1. The Kier molecular flexibility index (Phi) is 5.48. The first-order valence-electron chi connectivity index (χ1n) is 7.47. The number of aliphatic hydroxyl groups excluding tert-OH is 1. The average Bonchev–Trinajstić information content (AvgIpc) is 2.74. The van der Waals surface area contributed by atoms with E-state index in [0.29, 0.717) is 10.6 Å². The Hall–Kier alpha value is -1.26. The normalized spacial score (nSPS) is 23.2. The maximum atomic E-state index is 12.1. The quantitative estimate of drug-likeness (QED) is 0.804. The average molecular weight is 312 g/mol. The summed E-state index contributed by atoms with van der Waals surface area (Å²) in [4.78, 5) is 13.5. The molecule has 1 saturated heterocycles. The van der Waals surface area contributed by atoms with Crippen LogP contribution in [-0.4, -0.2) is 28.4 Å². The minimum absolute atomic E-state index is 0.0495. The number of benzene rings is 1. The van der Waals surface area contributed by atoms with Crippen LogP contribution in [0.3, 0.4) is 0 Å². The van der Waals surface area contributed by atoms with Crippen molar-refractivity contribution in [3.63, 3.8) is 0 Å². The van der Waals surface area contributed by atoms with Crippen molar-refractivity contribution in [2.75, 3.05) is 0 Å². The number of halogens is 1. The molecule has 1 N–H and O–H groups in total. The summed E-state index contributed by atoms with van der Waals surface area (Å²) in [5, 5.41) is 10.9. The van der Waals surface area contributed by atoms with E-state index in [9.17, 15) is 9.90 Å². The lowest BCUT2D eigenvalue weighted by molar-refractivity contribution is -0.00116. The lowest BCUT2D eigenvalue weighted by Gasteiger charge is -2.26. The lowest BCUT2D eigenvalue weighted by Crippen LogP contribution is -2.41. The smallest absolute Gasteiger partial charge is 0.412 e. The van der Waals surface area contributed by atoms with E-state index in [1.165, 1.54) is 4.90 Å². The highest BCUT2D eigenvalue weighted by Crippen LogP contribution is 2.36. The van der Waals surface area contributed by atoms with Crippen molar-refractivity contribution in [2.24, 2.45) is 0 Å². The Morgan fingerprint density at radius 1 is 1.38 bits per heavy atom. The van der Waals surface area contributed by atoms with Crippen LogP contribution in [0.4, 0.5) is 4.79 Å². The van der Waals surface area contributed by atoms with Crippen molar-refractivity contribution < 1.29 is 14.6 Å². The maximum absolute atomic E-state index is 12.1. The van der Waals surface area contributed by atoms with Crippen LogP contribution in [-0.2, 0) is 4.74 Å². The lowest BCUT2D eigenvalue weighted by atomic mass is 10.1. The van der Waals surface area contributed by atoms with Crippen LogP contribution in [0.1, 0.15) is 51.2 Å². The third-order valence-electron chi connectivity index (χ3n) is 3.91. The van der Waals surface area contributed by atoms with E-state index in [4.69, 9.17) is 16.3 Å². The van der Waals surface area contributed by atoms with Crippen LogP contribution in [0.2, 0.25) is 5.02 Å². The topological polar surface area (TPSA) is 49.8 Å². The van der Waals surface area contributed by atoms with Crippen molar-refractivity contribution in [3.05, 3.63) is 34.9 Å². The summed E-state index contributed by atoms with van der Waals surface area (Å²) in [6.07, 6.45) is 1.95. The molecule has 1 fully saturated rings. The molecule has 3 atom stereocenters. The molecule has 1 amide bonds. The van der Waals surface area contributed by atoms with Gasteiger partial charge in [0.1, 0.15) is 0 Å². The molecule has 0 spiro atoms. The largest absolute Gasteiger partial charge is 0.436 e. The highest BCUT2D eigenvalue weighted by molar-refractivity contribution is 6.31. The summed E-state index contributed by atoms with van der Waals surface area (Å²) in [6.45, 7) is 4.08. The van der Waals surface area contributed by atoms with E-state index >= 15 is 0 Å². The van der Waals surface area contributed by atoms with Gasteiger partial charge >= 0.3 is 6.09 Å². The number of ether oxygens (including phenoxy) is 1. The number of carbonyl (C=O) groups is 1. The summed E-state index contributed by atoms with van der Waals surface area (Å²) in [5.41, 5.74) is 0.642. The van der Waals surface area contributed by atoms with Crippen molar-refractivity contribution in [3.8, 4) is 0 Å². The molecule has 116 valence electrons. The Labute approximate surface area is 130 Å². The van der Waals surface area contributed by atoms with Gasteiger partial charge in [-0.05, 0) is 19.4 Å². The van der Waals surface area contributed by atoms with Gasteiger partial charge in [-0.2, -0.15) is 0 Å². The van der Waals surface area contributed by atoms with Gasteiger partial charge in [0.2, 0.25) is 0 Å². The van der Waals surface area contributed by atoms with E-state index in [2.05, 4.69) is 6.92 Å². The zero-order valence-electron chi connectivity index (χ0n) is 12.5. The predicted octanol–water partition coefficient (Wildman–Crippen LogP) is 4.12. The van der Waals surface area contributed by atoms with Crippen LogP contribution in [0.15, 0.2) is 24.3 Å². The van der Waals surface area contributed by atoms with Gasteiger partial charge in [-0.15, -0.1) is 0 Å². The highest BCUT2D eigenvalue weighted by Gasteiger charge is 2.44. The number of hydrogen-bond donors (Lipinski definition) is 1. The summed E-state index contributed by atoms with van der Waals surface area (Å²) in [5.74, 6) is 0. The molecule has 0 radical (unpaired) electrons. The van der Waals surface area contributed by atoms with Crippen LogP contribution in [0, 0.1) is 0 Å². The molecule has 0 aliphatic carbocycles. The molecule has 0 aromatic heterocycles. The summed E-state index contributed by atoms with van der Waals surface area (Å²) < 4.78 is 5.33. The van der Waals surface area contributed by atoms with Gasteiger partial charge < -0.3 is 9.84 Å². The molecule has 0 bridgehead atoms. The molecule has 5 heteroatoms. The first kappa shape index (κ1) is 16.1. The monoisotopic (exact) mass is 311 g/mol. The van der Waals surface area contributed by atoms with Crippen molar-refractivity contribution in [1.82, 2.24) is 4.90 Å². The zero-order valence-corrected chi connectivity index (χ0v) is 13.2. The fraction of sp³-hybridized carbons (Fsp3) is 0.562. The Morgan fingerprint density at radius 2 is 2.10 bits per heavy atom. The molecule has 1 unspecified atom stereocenters. The Morgan fingerprint density at radius 3 is 2.76 bits per heavy atom. The zero-order chi connectivity index (χ0) is 15.4. The number of aliphatic hydroxyl groups is 1. The first-order valence-corrected chi connectivity index (χ1v) is 7.85. The van der Waals surface area contributed by atoms with E-state index in [1.54, 1.807) is 18.2 Å². The Balaban J connectivity index is 2.09. The van der Waals surface area contributed by atoms with E-state index in [0.717, 1.165) is 25.7 Å². The summed E-state index contributed by atoms with van der Waals surface area (Å²) in [7, 11) is 0. The standard InChI is InChI=1S/C16H22ClNO3/c1-3-4-5-8-11(2)18-15(19)14(21-16(18)20)12-9-6-7-10-13(12)17/h6-7,9-11,14-15,19H,3-5,8H2,1-2H3/t11?,14-,15+/m0/s1. The van der Waals surface area contributed by atoms with Gasteiger partial charge in [0, 0.05) is 16.6 Å². The molecule has 1 heterocycles. The van der Waals surface area contributed by atoms with Gasteiger partial charge in [0.05, 0.1) is 0 Å². The molecule has 21 heavy (non-hydrogen) atoms. The van der Waals surface area contributed by atoms with Crippen LogP contribution >= 0.6 is 11.6 Å². The molecule has 1 aromatic carbocycles. The minimum atomic E-state index is -0.992. The minimum Gasteiger partial charge on any atom is -0.436 e. The molecule has 2 rings (SSSR count). The van der Waals surface area contributed by atoms with Gasteiger partial charge in [-0.1, -0.05) is 56.0 Å². The Bertz CT molecular complexity index is 494. The fourth-order valence-corrected chi connectivity index (χ4v) is 2.93. The maximum Gasteiger partial charge on any atom is 0.412 e. The highest BCUT2D eigenvalue weighted by atomic mass is 35.5. The van der Waals surface area contributed by atoms with E-state index in [-0.39, 0.29) is 6.04 Å². The van der Waals surface area contributed by atoms with Gasteiger partial charge in [-0.3, -0.25) is 4.90 Å². The van der Waals surface area contributed by atoms with Crippen LogP contribution < -0.4 is 0 Å². The SMILES string of the molecule is CCCCCC(C)N1C(=O)O[C@@H](c2ccccc2Cl)[C@H]1O. The van der Waals surface area contributed by atoms with Crippen LogP contribution in [0.25, 0.3) is 0 Å². The molecule has 1 aliphatic rings. The number of amides is 1. The third-order valence-corrected chi connectivity index (χ3v) is 4.25. The number of unbranched alkanes of at least 4 members (excludes halogenated alkanes) is 2. The van der Waals surface area contributed by atoms with Crippen molar-refractivity contribution in [2.45, 2.75) is 57.9 Å². The van der Waals surface area contributed by atoms with Crippen molar-refractivity contribution >= 4 is 17.7 Å². The number of nitrogens with zero attached hydrogens (tertiary/aromatic N) is 1. The number of carbonyl (C=O) groups excluding carboxylic acids is 1. The van der Waals surface area contributed by atoms with Gasteiger partial charge in [-0.25, -0.2) is 4.79 Å². The molecule has 4 nitrogen and oxygen atoms in total. The second kappa shape index (κ2) is 7.14. The molecule has 1 aliphatic heterocycles. The fourth-order valence-electron chi connectivity index (χ4n) is 2.68. The summed E-state index contributed by atoms with van der Waals surface area (Å²) >= 11 is 6.13. The molecule has 0 saturated carbocycles. The van der Waals surface area contributed by atoms with Crippen LogP contribution in [0.5, 0.6) is 0 Å². The van der Waals surface area contributed by atoms with E-state index in [1.807, 2.05) is 13.0 Å². The number of rotatable bonds is 6. The van der Waals surface area contributed by atoms with Crippen molar-refractivity contribution in [1.29, 1.82) is 0 Å². The number of cyclic esters (lactones) is 1. The third kappa shape index (κ3) is 3.50. The summed E-state index contributed by atoms with van der Waals surface area (Å²) in [6, 6.07) is 7.07. The molecular formula is C16H22ClNO3. The number of hydrogen-bond acceptors (Lipinski definition) is 3. The van der Waals surface area contributed by atoms with Gasteiger partial charge in [0.15, 0.2) is 12.3 Å². The molecular weight excluding hydrogens is 290 g/mol. The second-order valence-electron chi connectivity index (χ2n) is 5.49.